The van der Waals surface area contributed by atoms with Crippen LogP contribution in [0.4, 0.5) is 0 Å². The fraction of sp³-hybridized carbons (Fsp3) is 0.556. The largest absolute Gasteiger partial charge is 0.288 e. The molecule has 0 unspecified atom stereocenters. The molecule has 4 aliphatic rings. The molecule has 0 atom stereocenters. The molecule has 0 aromatic rings. The van der Waals surface area contributed by atoms with Gasteiger partial charge in [0.25, 0.3) is 0 Å². The Balaban J connectivity index is 1.64. The first-order valence-corrected chi connectivity index (χ1v) is 11.6. The highest BCUT2D eigenvalue weighted by atomic mass is 14.9. The molecular weight excluding hydrogens is 394 g/mol. The van der Waals surface area contributed by atoms with Gasteiger partial charge in [-0.1, -0.05) is 48.1 Å². The number of hydrogen-bond acceptors (Lipinski definition) is 5. The fourth-order valence-electron chi connectivity index (χ4n) is 4.79. The predicted octanol–water partition coefficient (Wildman–Crippen LogP) is 6.29. The molecule has 5 heteroatoms. The lowest BCUT2D eigenvalue weighted by molar-refractivity contribution is 0.479. The molecule has 0 saturated carbocycles. The Morgan fingerprint density at radius 1 is 0.844 bits per heavy atom. The van der Waals surface area contributed by atoms with E-state index in [2.05, 4.69) is 71.1 Å². The molecule has 5 nitrogen and oxygen atoms in total. The Kier molecular flexibility index (Phi) is 5.45. The van der Waals surface area contributed by atoms with Crippen molar-refractivity contribution in [3.8, 4) is 0 Å². The van der Waals surface area contributed by atoms with Crippen LogP contribution in [0.3, 0.4) is 0 Å². The maximum absolute atomic E-state index is 7.82. The van der Waals surface area contributed by atoms with Gasteiger partial charge in [-0.05, 0) is 30.9 Å². The third-order valence-electron chi connectivity index (χ3n) is 7.00. The van der Waals surface area contributed by atoms with Crippen molar-refractivity contribution >= 4 is 28.7 Å². The molecule has 0 amide bonds. The lowest BCUT2D eigenvalue weighted by atomic mass is 9.82. The number of aliphatic imine (C=N–C) groups is 4. The van der Waals surface area contributed by atoms with Crippen LogP contribution in [0.2, 0.25) is 0 Å². The number of rotatable bonds is 4. The Labute approximate surface area is 192 Å². The normalized spacial score (nSPS) is 28.0. The summed E-state index contributed by atoms with van der Waals surface area (Å²) in [6, 6.07) is 0. The molecule has 0 bridgehead atoms. The summed E-state index contributed by atoms with van der Waals surface area (Å²) in [5.41, 5.74) is 7.77. The van der Waals surface area contributed by atoms with Gasteiger partial charge in [-0.2, -0.15) is 0 Å². The van der Waals surface area contributed by atoms with Crippen molar-refractivity contribution in [3.05, 3.63) is 41.4 Å². The summed E-state index contributed by atoms with van der Waals surface area (Å²) in [6.45, 7) is 18.3. The van der Waals surface area contributed by atoms with Crippen LogP contribution in [0.1, 0.15) is 73.6 Å². The van der Waals surface area contributed by atoms with Gasteiger partial charge in [0, 0.05) is 70.6 Å². The van der Waals surface area contributed by atoms with E-state index in [0.29, 0.717) is 0 Å². The molecule has 4 heterocycles. The SMILES string of the molecule is C=C1N=C(C=C2N=C(C=C3N=C(C(=C=N)C4=NCCC4)CC3(C)C)CC2(C)C)CC1(C)C. The van der Waals surface area contributed by atoms with Gasteiger partial charge in [-0.3, -0.25) is 25.4 Å². The van der Waals surface area contributed by atoms with Gasteiger partial charge < -0.3 is 0 Å². The first kappa shape index (κ1) is 22.5. The minimum atomic E-state index is -0.104. The van der Waals surface area contributed by atoms with Gasteiger partial charge in [0.2, 0.25) is 0 Å². The van der Waals surface area contributed by atoms with Crippen molar-refractivity contribution in [2.24, 2.45) is 36.2 Å². The Bertz CT molecular complexity index is 1110. The molecule has 0 spiro atoms. The average molecular weight is 430 g/mol. The fourth-order valence-corrected chi connectivity index (χ4v) is 4.79. The van der Waals surface area contributed by atoms with Gasteiger partial charge in [-0.25, -0.2) is 0 Å². The second kappa shape index (κ2) is 7.74. The second-order valence-corrected chi connectivity index (χ2v) is 11.4. The molecule has 4 aliphatic heterocycles. The molecule has 1 N–H and O–H groups in total. The van der Waals surface area contributed by atoms with Crippen LogP contribution in [-0.4, -0.2) is 35.3 Å². The van der Waals surface area contributed by atoms with Gasteiger partial charge >= 0.3 is 0 Å². The van der Waals surface area contributed by atoms with Crippen molar-refractivity contribution in [2.75, 3.05) is 6.54 Å². The summed E-state index contributed by atoms with van der Waals surface area (Å²) in [6.07, 6.45) is 8.87. The van der Waals surface area contributed by atoms with Crippen LogP contribution in [0.5, 0.6) is 0 Å². The van der Waals surface area contributed by atoms with Crippen LogP contribution >= 0.6 is 0 Å². The quantitative estimate of drug-likeness (QED) is 0.510. The Hall–Kier alpha value is -2.65. The van der Waals surface area contributed by atoms with Crippen LogP contribution < -0.4 is 0 Å². The van der Waals surface area contributed by atoms with Crippen LogP contribution in [0.25, 0.3) is 0 Å². The molecule has 0 aromatic heterocycles. The topological polar surface area (TPSA) is 73.3 Å². The average Bonchev–Trinajstić information content (AvgIpc) is 3.40. The van der Waals surface area contributed by atoms with E-state index in [-0.39, 0.29) is 16.2 Å². The first-order valence-electron chi connectivity index (χ1n) is 11.6. The number of allylic oxidation sites excluding steroid dienone is 6. The van der Waals surface area contributed by atoms with E-state index >= 15 is 0 Å². The molecule has 0 aliphatic carbocycles. The lowest BCUT2D eigenvalue weighted by Crippen LogP contribution is -2.16. The maximum atomic E-state index is 7.82. The molecule has 0 fully saturated rings. The number of nitrogens with one attached hydrogen (secondary N) is 1. The van der Waals surface area contributed by atoms with E-state index in [9.17, 15) is 0 Å². The smallest absolute Gasteiger partial charge is 0.0779 e. The standard InChI is InChI=1S/C27H35N5/c1-17-25(2,3)13-18(30-17)11-23-26(4,5)14-19(31-23)12-24-27(6,7)15-22(32-24)20(16-28)21-9-8-10-29-21/h11-12,28H,1,8-10,13-15H2,2-7H3. The van der Waals surface area contributed by atoms with Crippen molar-refractivity contribution in [3.63, 3.8) is 0 Å². The highest BCUT2D eigenvalue weighted by molar-refractivity contribution is 6.30. The Morgan fingerprint density at radius 2 is 1.44 bits per heavy atom. The monoisotopic (exact) mass is 429 g/mol. The van der Waals surface area contributed by atoms with Crippen LogP contribution in [-0.2, 0) is 0 Å². The first-order chi connectivity index (χ1) is 14.9. The zero-order chi connectivity index (χ0) is 23.3. The van der Waals surface area contributed by atoms with E-state index in [1.807, 2.05) is 0 Å². The van der Waals surface area contributed by atoms with E-state index in [1.165, 1.54) is 0 Å². The van der Waals surface area contributed by atoms with Gasteiger partial charge in [0.1, 0.15) is 0 Å². The van der Waals surface area contributed by atoms with Crippen LogP contribution in [0, 0.1) is 21.7 Å². The van der Waals surface area contributed by atoms with Crippen LogP contribution in [0.15, 0.2) is 61.4 Å². The van der Waals surface area contributed by atoms with E-state index in [1.54, 1.807) is 0 Å². The lowest BCUT2D eigenvalue weighted by Gasteiger charge is -2.19. The highest BCUT2D eigenvalue weighted by Crippen LogP contribution is 2.44. The summed E-state index contributed by atoms with van der Waals surface area (Å²) in [5.74, 6) is 2.63. The molecule has 0 radical (unpaired) electrons. The van der Waals surface area contributed by atoms with Crippen molar-refractivity contribution in [2.45, 2.75) is 73.6 Å². The van der Waals surface area contributed by atoms with E-state index < -0.39 is 0 Å². The minimum Gasteiger partial charge on any atom is -0.288 e. The van der Waals surface area contributed by atoms with Crippen molar-refractivity contribution in [1.82, 2.24) is 0 Å². The second-order valence-electron chi connectivity index (χ2n) is 11.4. The van der Waals surface area contributed by atoms with Gasteiger partial charge in [-0.15, -0.1) is 0 Å². The third kappa shape index (κ3) is 4.19. The predicted molar refractivity (Wildman–Crippen MR) is 136 cm³/mol. The molecule has 168 valence electrons. The summed E-state index contributed by atoms with van der Waals surface area (Å²) in [4.78, 5) is 19.2. The summed E-state index contributed by atoms with van der Waals surface area (Å²) >= 11 is 0. The molecule has 32 heavy (non-hydrogen) atoms. The van der Waals surface area contributed by atoms with Gasteiger partial charge in [0.05, 0.1) is 17.0 Å². The minimum absolute atomic E-state index is 0.0202. The number of hydrogen-bond donors (Lipinski definition) is 1. The van der Waals surface area contributed by atoms with Crippen molar-refractivity contribution in [1.29, 1.82) is 5.41 Å². The maximum Gasteiger partial charge on any atom is 0.0779 e. The summed E-state index contributed by atoms with van der Waals surface area (Å²) in [7, 11) is 0. The zero-order valence-corrected chi connectivity index (χ0v) is 20.4. The molecule has 4 rings (SSSR count). The zero-order valence-electron chi connectivity index (χ0n) is 20.4. The van der Waals surface area contributed by atoms with Crippen molar-refractivity contribution < 1.29 is 0 Å². The molecular formula is C27H35N5. The van der Waals surface area contributed by atoms with Gasteiger partial charge in [0.15, 0.2) is 0 Å². The highest BCUT2D eigenvalue weighted by Gasteiger charge is 2.37. The summed E-state index contributed by atoms with van der Waals surface area (Å²) in [5, 5.41) is 7.82. The molecule has 0 saturated heterocycles. The summed E-state index contributed by atoms with van der Waals surface area (Å²) < 4.78 is 0. The van der Waals surface area contributed by atoms with E-state index in [4.69, 9.17) is 20.4 Å². The number of nitrogens with zero attached hydrogens (tertiary/aromatic N) is 4. The third-order valence-corrected chi connectivity index (χ3v) is 7.00. The van der Waals surface area contributed by atoms with E-state index in [0.717, 1.165) is 84.2 Å². The Morgan fingerprint density at radius 3 is 2.00 bits per heavy atom. The molecule has 0 aromatic carbocycles.